The average molecular weight is 354 g/mol. The summed E-state index contributed by atoms with van der Waals surface area (Å²) in [6.07, 6.45) is -9.07. The number of rotatable bonds is 3. The first-order valence-electron chi connectivity index (χ1n) is 6.13. The van der Waals surface area contributed by atoms with E-state index in [1.54, 1.807) is 5.32 Å². The second kappa shape index (κ2) is 6.37. The molecule has 0 aliphatic rings. The fourth-order valence-corrected chi connectivity index (χ4v) is 1.65. The highest BCUT2D eigenvalue weighted by molar-refractivity contribution is 5.86. The quantitative estimate of drug-likeness (QED) is 0.858. The maximum absolute atomic E-state index is 13.1. The van der Waals surface area contributed by atoms with Gasteiger partial charge in [-0.2, -0.15) is 31.4 Å². The molecule has 1 N–H and O–H groups in total. The van der Waals surface area contributed by atoms with Crippen molar-refractivity contribution in [2.45, 2.75) is 12.4 Å². The van der Waals surface area contributed by atoms with Gasteiger partial charge in [0.15, 0.2) is 6.61 Å². The van der Waals surface area contributed by atoms with Crippen molar-refractivity contribution in [3.8, 4) is 5.69 Å². The molecule has 12 heteroatoms. The number of aromatic nitrogens is 3. The Morgan fingerprint density at radius 1 is 1.21 bits per heavy atom. The van der Waals surface area contributed by atoms with E-state index in [1.165, 1.54) is 6.07 Å². The molecule has 1 amide bonds. The molecule has 1 aromatic carbocycles. The van der Waals surface area contributed by atoms with E-state index in [4.69, 9.17) is 0 Å². The molecule has 0 atom stereocenters. The van der Waals surface area contributed by atoms with Gasteiger partial charge >= 0.3 is 18.4 Å². The Bertz CT molecular complexity index is 711. The molecule has 130 valence electrons. The van der Waals surface area contributed by atoms with E-state index in [0.29, 0.717) is 6.07 Å². The minimum Gasteiger partial charge on any atom is -0.440 e. The topological polar surface area (TPSA) is 69.0 Å². The second-order valence-corrected chi connectivity index (χ2v) is 4.38. The zero-order valence-electron chi connectivity index (χ0n) is 11.5. The zero-order chi connectivity index (χ0) is 18.0. The van der Waals surface area contributed by atoms with Crippen LogP contribution in [-0.4, -0.2) is 33.6 Å². The van der Waals surface area contributed by atoms with Crippen LogP contribution in [0.2, 0.25) is 0 Å². The number of hydrogen-bond acceptors (Lipinski definition) is 4. The first-order chi connectivity index (χ1) is 11.1. The van der Waals surface area contributed by atoms with E-state index in [0.717, 1.165) is 23.4 Å². The van der Waals surface area contributed by atoms with E-state index < -0.39 is 36.3 Å². The Morgan fingerprint density at radius 2 is 1.92 bits per heavy atom. The third-order valence-corrected chi connectivity index (χ3v) is 2.60. The molecule has 2 rings (SSSR count). The lowest BCUT2D eigenvalue weighted by atomic mass is 10.1. The van der Waals surface area contributed by atoms with Crippen LogP contribution in [0, 0.1) is 0 Å². The Balaban J connectivity index is 2.24. The number of benzene rings is 1. The molecule has 2 aromatic rings. The molecule has 24 heavy (non-hydrogen) atoms. The van der Waals surface area contributed by atoms with Gasteiger partial charge in [-0.1, -0.05) is 0 Å². The SMILES string of the molecule is O=C(Nc1ccc(-n2cncn2)cc1C(F)(F)F)OCC(F)(F)F. The summed E-state index contributed by atoms with van der Waals surface area (Å²) in [6, 6.07) is 2.70. The van der Waals surface area contributed by atoms with Crippen molar-refractivity contribution >= 4 is 11.8 Å². The van der Waals surface area contributed by atoms with Crippen molar-refractivity contribution in [3.05, 3.63) is 36.4 Å². The Hall–Kier alpha value is -2.79. The van der Waals surface area contributed by atoms with E-state index in [9.17, 15) is 31.1 Å². The van der Waals surface area contributed by atoms with Gasteiger partial charge < -0.3 is 4.74 Å². The third-order valence-electron chi connectivity index (χ3n) is 2.60. The van der Waals surface area contributed by atoms with Crippen molar-refractivity contribution in [2.24, 2.45) is 0 Å². The number of amides is 1. The number of carbonyl (C=O) groups excluding carboxylic acids is 1. The lowest BCUT2D eigenvalue weighted by molar-refractivity contribution is -0.159. The minimum absolute atomic E-state index is 0.00552. The number of alkyl halides is 6. The van der Waals surface area contributed by atoms with E-state index >= 15 is 0 Å². The van der Waals surface area contributed by atoms with Crippen molar-refractivity contribution in [1.29, 1.82) is 0 Å². The zero-order valence-corrected chi connectivity index (χ0v) is 11.5. The van der Waals surface area contributed by atoms with E-state index in [2.05, 4.69) is 14.8 Å². The molecule has 1 heterocycles. The van der Waals surface area contributed by atoms with Crippen LogP contribution in [0.4, 0.5) is 36.8 Å². The molecule has 0 saturated carbocycles. The van der Waals surface area contributed by atoms with Gasteiger partial charge in [0.2, 0.25) is 0 Å². The van der Waals surface area contributed by atoms with Crippen LogP contribution in [0.25, 0.3) is 5.69 Å². The van der Waals surface area contributed by atoms with Crippen molar-refractivity contribution in [1.82, 2.24) is 14.8 Å². The third kappa shape index (κ3) is 4.60. The molecule has 1 aromatic heterocycles. The van der Waals surface area contributed by atoms with Crippen LogP contribution < -0.4 is 5.32 Å². The van der Waals surface area contributed by atoms with Gasteiger partial charge in [0, 0.05) is 0 Å². The molecular formula is C12H8F6N4O2. The van der Waals surface area contributed by atoms with E-state index in [1.807, 2.05) is 0 Å². The highest BCUT2D eigenvalue weighted by Crippen LogP contribution is 2.36. The van der Waals surface area contributed by atoms with Crippen LogP contribution in [-0.2, 0) is 10.9 Å². The smallest absolute Gasteiger partial charge is 0.422 e. The summed E-state index contributed by atoms with van der Waals surface area (Å²) in [6.45, 7) is -1.92. The second-order valence-electron chi connectivity index (χ2n) is 4.38. The van der Waals surface area contributed by atoms with Gasteiger partial charge in [0.05, 0.1) is 16.9 Å². The number of halogens is 6. The fraction of sp³-hybridized carbons (Fsp3) is 0.250. The van der Waals surface area contributed by atoms with Crippen LogP contribution in [0.1, 0.15) is 5.56 Å². The van der Waals surface area contributed by atoms with Crippen LogP contribution in [0.3, 0.4) is 0 Å². The molecule has 0 saturated heterocycles. The van der Waals surface area contributed by atoms with Crippen molar-refractivity contribution in [3.63, 3.8) is 0 Å². The van der Waals surface area contributed by atoms with Crippen LogP contribution in [0.5, 0.6) is 0 Å². The normalized spacial score (nSPS) is 12.1. The highest BCUT2D eigenvalue weighted by atomic mass is 19.4. The molecule has 0 aliphatic carbocycles. The van der Waals surface area contributed by atoms with Gasteiger partial charge in [-0.05, 0) is 18.2 Å². The summed E-state index contributed by atoms with van der Waals surface area (Å²) in [5.41, 5.74) is -2.04. The average Bonchev–Trinajstić information content (AvgIpc) is 2.98. The standard InChI is InChI=1S/C12H8F6N4O2/c13-11(14,15)4-24-10(23)21-9-2-1-7(22-6-19-5-20-22)3-8(9)12(16,17)18/h1-3,5-6H,4H2,(H,21,23). The summed E-state index contributed by atoms with van der Waals surface area (Å²) in [5, 5.41) is 5.29. The Morgan fingerprint density at radius 3 is 2.46 bits per heavy atom. The number of ether oxygens (including phenoxy) is 1. The molecule has 0 spiro atoms. The first kappa shape index (κ1) is 17.6. The number of nitrogens with zero attached hydrogens (tertiary/aromatic N) is 3. The largest absolute Gasteiger partial charge is 0.440 e. The number of nitrogens with one attached hydrogen (secondary N) is 1. The molecular weight excluding hydrogens is 346 g/mol. The lowest BCUT2D eigenvalue weighted by Crippen LogP contribution is -2.24. The highest BCUT2D eigenvalue weighted by Gasteiger charge is 2.35. The summed E-state index contributed by atoms with van der Waals surface area (Å²) < 4.78 is 79.9. The lowest BCUT2D eigenvalue weighted by Gasteiger charge is -2.15. The summed E-state index contributed by atoms with van der Waals surface area (Å²) in [4.78, 5) is 14.8. The van der Waals surface area contributed by atoms with Crippen molar-refractivity contribution < 1.29 is 35.9 Å². The monoisotopic (exact) mass is 354 g/mol. The minimum atomic E-state index is -4.87. The van der Waals surface area contributed by atoms with E-state index in [-0.39, 0.29) is 5.69 Å². The molecule has 6 nitrogen and oxygen atoms in total. The molecule has 0 radical (unpaired) electrons. The maximum Gasteiger partial charge on any atom is 0.422 e. The summed E-state index contributed by atoms with van der Waals surface area (Å²) in [5.74, 6) is 0. The Kier molecular flexibility index (Phi) is 4.66. The predicted octanol–water partition coefficient (Wildman–Crippen LogP) is 3.40. The van der Waals surface area contributed by atoms with Gasteiger partial charge in [-0.3, -0.25) is 5.32 Å². The van der Waals surface area contributed by atoms with Crippen LogP contribution in [0.15, 0.2) is 30.9 Å². The number of hydrogen-bond donors (Lipinski definition) is 1. The van der Waals surface area contributed by atoms with Gasteiger partial charge in [0.25, 0.3) is 0 Å². The molecule has 0 fully saturated rings. The summed E-state index contributed by atoms with van der Waals surface area (Å²) in [7, 11) is 0. The van der Waals surface area contributed by atoms with Crippen LogP contribution >= 0.6 is 0 Å². The number of anilines is 1. The van der Waals surface area contributed by atoms with Gasteiger partial charge in [0.1, 0.15) is 12.7 Å². The molecule has 0 unspecified atom stereocenters. The fourth-order valence-electron chi connectivity index (χ4n) is 1.65. The number of carbonyl (C=O) groups is 1. The Labute approximate surface area is 130 Å². The molecule has 0 bridgehead atoms. The predicted molar refractivity (Wildman–Crippen MR) is 67.4 cm³/mol. The van der Waals surface area contributed by atoms with Gasteiger partial charge in [-0.25, -0.2) is 14.5 Å². The first-order valence-corrected chi connectivity index (χ1v) is 6.13. The molecule has 0 aliphatic heterocycles. The maximum atomic E-state index is 13.1. The van der Waals surface area contributed by atoms with Gasteiger partial charge in [-0.15, -0.1) is 0 Å². The summed E-state index contributed by atoms with van der Waals surface area (Å²) >= 11 is 0. The van der Waals surface area contributed by atoms with Crippen molar-refractivity contribution in [2.75, 3.05) is 11.9 Å².